The number of carboxylic acid groups (broad SMARTS) is 1. The molecule has 2 aromatic rings. The number of nitrogens with one attached hydrogen (secondary N) is 1. The van der Waals surface area contributed by atoms with Gasteiger partial charge in [-0.1, -0.05) is 11.6 Å². The molecule has 2 N–H and O–H groups in total. The van der Waals surface area contributed by atoms with E-state index in [9.17, 15) is 13.2 Å². The Bertz CT molecular complexity index is 732. The van der Waals surface area contributed by atoms with E-state index in [4.69, 9.17) is 16.7 Å². The molecule has 0 aliphatic heterocycles. The van der Waals surface area contributed by atoms with Crippen molar-refractivity contribution in [1.82, 2.24) is 14.8 Å². The zero-order valence-corrected chi connectivity index (χ0v) is 12.5. The largest absolute Gasteiger partial charge is 0.481 e. The average Bonchev–Trinajstić information content (AvgIpc) is 2.85. The summed E-state index contributed by atoms with van der Waals surface area (Å²) in [4.78, 5) is 14.4. The van der Waals surface area contributed by atoms with Crippen LogP contribution in [-0.4, -0.2) is 34.3 Å². The van der Waals surface area contributed by atoms with Crippen LogP contribution >= 0.6 is 22.9 Å². The Morgan fingerprint density at radius 3 is 2.85 bits per heavy atom. The molecule has 0 fully saturated rings. The predicted octanol–water partition coefficient (Wildman–Crippen LogP) is 0.958. The normalized spacial score (nSPS) is 11.5. The van der Waals surface area contributed by atoms with Crippen LogP contribution in [0.5, 0.6) is 0 Å². The minimum atomic E-state index is -3.93. The molecule has 0 saturated carbocycles. The number of carboxylic acids is 1. The summed E-state index contributed by atoms with van der Waals surface area (Å²) in [5, 5.41) is 13.7. The Morgan fingerprint density at radius 2 is 2.30 bits per heavy atom. The second-order valence-corrected chi connectivity index (χ2v) is 6.60. The number of carbonyl (C=O) groups is 1. The molecule has 0 bridgehead atoms. The number of aryl methyl sites for hydroxylation is 1. The third-order valence-corrected chi connectivity index (χ3v) is 4.98. The van der Waals surface area contributed by atoms with E-state index >= 15 is 0 Å². The van der Waals surface area contributed by atoms with Crippen molar-refractivity contribution in [1.29, 1.82) is 0 Å². The number of sulfonamides is 1. The molecule has 0 aromatic carbocycles. The quantitative estimate of drug-likeness (QED) is 0.840. The summed E-state index contributed by atoms with van der Waals surface area (Å²) in [5.74, 6) is -1.04. The van der Waals surface area contributed by atoms with Gasteiger partial charge >= 0.3 is 5.97 Å². The summed E-state index contributed by atoms with van der Waals surface area (Å²) in [7, 11) is -2.48. The van der Waals surface area contributed by atoms with E-state index in [1.807, 2.05) is 0 Å². The Hall–Kier alpha value is -1.65. The number of rotatable bonds is 5. The lowest BCUT2D eigenvalue weighted by Crippen LogP contribution is -2.17. The van der Waals surface area contributed by atoms with Gasteiger partial charge < -0.3 is 5.11 Å². The standard InChI is InChI=1S/C9H9ClN4O4S2/c1-14-8(6(10)3-11-14)20(17,18)13-9-12-5(4-19-9)2-7(15)16/h3-4H,2H2,1H3,(H,12,13)(H,15,16). The fourth-order valence-corrected chi connectivity index (χ4v) is 4.08. The Morgan fingerprint density at radius 1 is 1.60 bits per heavy atom. The van der Waals surface area contributed by atoms with Crippen molar-refractivity contribution in [2.75, 3.05) is 4.72 Å². The molecule has 2 rings (SSSR count). The summed E-state index contributed by atoms with van der Waals surface area (Å²) >= 11 is 6.76. The Labute approximate surface area is 123 Å². The van der Waals surface area contributed by atoms with Crippen LogP contribution in [0.25, 0.3) is 0 Å². The minimum Gasteiger partial charge on any atom is -0.481 e. The van der Waals surface area contributed by atoms with Crippen LogP contribution in [0.4, 0.5) is 5.13 Å². The maximum atomic E-state index is 12.1. The van der Waals surface area contributed by atoms with Crippen LogP contribution in [0.2, 0.25) is 5.02 Å². The smallest absolute Gasteiger partial charge is 0.309 e. The van der Waals surface area contributed by atoms with Crippen LogP contribution in [-0.2, 0) is 28.3 Å². The lowest BCUT2D eigenvalue weighted by molar-refractivity contribution is -0.136. The number of hydrogen-bond donors (Lipinski definition) is 2. The van der Waals surface area contributed by atoms with Crippen molar-refractivity contribution in [2.24, 2.45) is 7.05 Å². The summed E-state index contributed by atoms with van der Waals surface area (Å²) in [6.45, 7) is 0. The molecule has 0 aliphatic carbocycles. The van der Waals surface area contributed by atoms with E-state index in [-0.39, 0.29) is 27.3 Å². The molecule has 0 radical (unpaired) electrons. The average molecular weight is 337 g/mol. The lowest BCUT2D eigenvalue weighted by Gasteiger charge is -2.05. The van der Waals surface area contributed by atoms with E-state index in [1.54, 1.807) is 0 Å². The van der Waals surface area contributed by atoms with Crippen LogP contribution in [0, 0.1) is 0 Å². The highest BCUT2D eigenvalue weighted by Crippen LogP contribution is 2.24. The van der Waals surface area contributed by atoms with Gasteiger partial charge in [0.1, 0.15) is 0 Å². The molecule has 20 heavy (non-hydrogen) atoms. The van der Waals surface area contributed by atoms with Crippen molar-refractivity contribution >= 4 is 44.1 Å². The molecule has 0 spiro atoms. The van der Waals surface area contributed by atoms with Gasteiger partial charge in [-0.05, 0) is 0 Å². The number of thiazole rings is 1. The van der Waals surface area contributed by atoms with Crippen molar-refractivity contribution in [3.63, 3.8) is 0 Å². The molecule has 0 unspecified atom stereocenters. The highest BCUT2D eigenvalue weighted by molar-refractivity contribution is 7.93. The highest BCUT2D eigenvalue weighted by atomic mass is 35.5. The van der Waals surface area contributed by atoms with E-state index < -0.39 is 16.0 Å². The second-order valence-electron chi connectivity index (χ2n) is 3.74. The predicted molar refractivity (Wildman–Crippen MR) is 72.5 cm³/mol. The maximum Gasteiger partial charge on any atom is 0.309 e. The van der Waals surface area contributed by atoms with Crippen LogP contribution < -0.4 is 4.72 Å². The highest BCUT2D eigenvalue weighted by Gasteiger charge is 2.24. The van der Waals surface area contributed by atoms with Crippen molar-refractivity contribution < 1.29 is 18.3 Å². The molecule has 0 saturated heterocycles. The zero-order chi connectivity index (χ0) is 14.9. The van der Waals surface area contributed by atoms with E-state index in [2.05, 4.69) is 14.8 Å². The third kappa shape index (κ3) is 3.08. The van der Waals surface area contributed by atoms with Gasteiger partial charge in [0.2, 0.25) is 0 Å². The molecule has 11 heteroatoms. The number of aliphatic carboxylic acids is 1. The molecule has 0 atom stereocenters. The fourth-order valence-electron chi connectivity index (χ4n) is 1.46. The number of nitrogens with zero attached hydrogens (tertiary/aromatic N) is 3. The number of hydrogen-bond acceptors (Lipinski definition) is 6. The minimum absolute atomic E-state index is 0.0117. The molecule has 0 aliphatic rings. The van der Waals surface area contributed by atoms with Gasteiger partial charge in [0, 0.05) is 12.4 Å². The van der Waals surface area contributed by atoms with Gasteiger partial charge in [0.15, 0.2) is 10.2 Å². The lowest BCUT2D eigenvalue weighted by atomic mass is 10.3. The second kappa shape index (κ2) is 5.38. The SMILES string of the molecule is Cn1ncc(Cl)c1S(=O)(=O)Nc1nc(CC(=O)O)cs1. The van der Waals surface area contributed by atoms with E-state index in [0.717, 1.165) is 16.0 Å². The van der Waals surface area contributed by atoms with Gasteiger partial charge in [-0.15, -0.1) is 11.3 Å². The van der Waals surface area contributed by atoms with Gasteiger partial charge in [-0.2, -0.15) is 13.5 Å². The topological polar surface area (TPSA) is 114 Å². The first kappa shape index (κ1) is 14.8. The Kier molecular flexibility index (Phi) is 3.97. The zero-order valence-electron chi connectivity index (χ0n) is 10.1. The molecule has 2 heterocycles. The van der Waals surface area contributed by atoms with Crippen LogP contribution in [0.1, 0.15) is 5.69 Å². The summed E-state index contributed by atoms with van der Waals surface area (Å²) in [6.07, 6.45) is 0.943. The number of halogens is 1. The van der Waals surface area contributed by atoms with Crippen LogP contribution in [0.15, 0.2) is 16.6 Å². The maximum absolute atomic E-state index is 12.1. The summed E-state index contributed by atoms with van der Waals surface area (Å²) in [6, 6.07) is 0. The van der Waals surface area contributed by atoms with Gasteiger partial charge in [-0.3, -0.25) is 14.2 Å². The Balaban J connectivity index is 2.25. The molecular formula is C9H9ClN4O4S2. The molecule has 8 nitrogen and oxygen atoms in total. The monoisotopic (exact) mass is 336 g/mol. The molecular weight excluding hydrogens is 328 g/mol. The van der Waals surface area contributed by atoms with Crippen LogP contribution in [0.3, 0.4) is 0 Å². The van der Waals surface area contributed by atoms with Crippen molar-refractivity contribution in [3.05, 3.63) is 22.3 Å². The molecule has 2 aromatic heterocycles. The first-order valence-corrected chi connectivity index (χ1v) is 7.90. The van der Waals surface area contributed by atoms with Crippen molar-refractivity contribution in [3.8, 4) is 0 Å². The first-order valence-electron chi connectivity index (χ1n) is 5.16. The molecule has 108 valence electrons. The van der Waals surface area contributed by atoms with Gasteiger partial charge in [0.25, 0.3) is 10.0 Å². The van der Waals surface area contributed by atoms with E-state index in [1.165, 1.54) is 18.6 Å². The number of aromatic nitrogens is 3. The van der Waals surface area contributed by atoms with Crippen molar-refractivity contribution in [2.45, 2.75) is 11.4 Å². The number of anilines is 1. The van der Waals surface area contributed by atoms with E-state index in [0.29, 0.717) is 0 Å². The molecule has 0 amide bonds. The fraction of sp³-hybridized carbons (Fsp3) is 0.222. The van der Waals surface area contributed by atoms with Gasteiger partial charge in [0.05, 0.1) is 23.3 Å². The third-order valence-electron chi connectivity index (χ3n) is 2.20. The first-order chi connectivity index (χ1) is 9.29. The van der Waals surface area contributed by atoms with Gasteiger partial charge in [-0.25, -0.2) is 4.98 Å². The summed E-state index contributed by atoms with van der Waals surface area (Å²) < 4.78 is 27.6. The summed E-state index contributed by atoms with van der Waals surface area (Å²) in [5.41, 5.74) is 0.274.